The van der Waals surface area contributed by atoms with E-state index in [1.807, 2.05) is 36.7 Å². The predicted octanol–water partition coefficient (Wildman–Crippen LogP) is 4.50. The molecule has 2 aromatic carbocycles. The van der Waals surface area contributed by atoms with Crippen LogP contribution in [0.3, 0.4) is 0 Å². The van der Waals surface area contributed by atoms with Crippen LogP contribution in [0.5, 0.6) is 0 Å². The van der Waals surface area contributed by atoms with E-state index < -0.39 is 0 Å². The van der Waals surface area contributed by atoms with E-state index in [0.29, 0.717) is 5.02 Å². The van der Waals surface area contributed by atoms with Gasteiger partial charge in [0.25, 0.3) is 0 Å². The SMILES string of the molecule is Cc1ccc(-c2cnn(-c3ccccc3Cl)c2)cc1. The standard InChI is InChI=1S/C16H13ClN2/c1-12-6-8-13(9-7-12)14-10-18-19(11-14)16-5-3-2-4-15(16)17/h2-11H,1H3. The molecule has 1 heterocycles. The van der Waals surface area contributed by atoms with Crippen LogP contribution in [0.1, 0.15) is 5.56 Å². The summed E-state index contributed by atoms with van der Waals surface area (Å²) in [5, 5.41) is 5.07. The van der Waals surface area contributed by atoms with Crippen LogP contribution in [-0.2, 0) is 0 Å². The summed E-state index contributed by atoms with van der Waals surface area (Å²) in [6.07, 6.45) is 3.85. The summed E-state index contributed by atoms with van der Waals surface area (Å²) in [5.74, 6) is 0. The Morgan fingerprint density at radius 2 is 1.68 bits per heavy atom. The highest BCUT2D eigenvalue weighted by Gasteiger charge is 2.05. The molecular formula is C16H13ClN2. The fourth-order valence-corrected chi connectivity index (χ4v) is 2.21. The summed E-state index contributed by atoms with van der Waals surface area (Å²) in [6, 6.07) is 16.1. The molecule has 0 N–H and O–H groups in total. The largest absolute Gasteiger partial charge is 0.239 e. The van der Waals surface area contributed by atoms with E-state index in [-0.39, 0.29) is 0 Å². The molecule has 0 bridgehead atoms. The van der Waals surface area contributed by atoms with Crippen LogP contribution in [0.15, 0.2) is 60.9 Å². The van der Waals surface area contributed by atoms with Crippen molar-refractivity contribution >= 4 is 11.6 Å². The maximum atomic E-state index is 6.17. The van der Waals surface area contributed by atoms with Crippen molar-refractivity contribution in [1.29, 1.82) is 0 Å². The molecular weight excluding hydrogens is 256 g/mol. The molecule has 0 saturated heterocycles. The average Bonchev–Trinajstić information content (AvgIpc) is 2.89. The van der Waals surface area contributed by atoms with Gasteiger partial charge in [-0.1, -0.05) is 53.6 Å². The molecule has 0 aliphatic carbocycles. The number of rotatable bonds is 2. The minimum atomic E-state index is 0.695. The number of nitrogens with zero attached hydrogens (tertiary/aromatic N) is 2. The normalized spacial score (nSPS) is 10.6. The highest BCUT2D eigenvalue weighted by molar-refractivity contribution is 6.32. The molecule has 0 aliphatic heterocycles. The van der Waals surface area contributed by atoms with Crippen molar-refractivity contribution in [2.24, 2.45) is 0 Å². The van der Waals surface area contributed by atoms with Crippen LogP contribution in [0.4, 0.5) is 0 Å². The summed E-state index contributed by atoms with van der Waals surface area (Å²) >= 11 is 6.17. The Morgan fingerprint density at radius 1 is 0.947 bits per heavy atom. The van der Waals surface area contributed by atoms with Crippen molar-refractivity contribution in [2.75, 3.05) is 0 Å². The zero-order valence-corrected chi connectivity index (χ0v) is 11.3. The summed E-state index contributed by atoms with van der Waals surface area (Å²) in [5.41, 5.74) is 4.38. The van der Waals surface area contributed by atoms with Crippen molar-refractivity contribution in [1.82, 2.24) is 9.78 Å². The first-order valence-electron chi connectivity index (χ1n) is 6.11. The van der Waals surface area contributed by atoms with Gasteiger partial charge < -0.3 is 0 Å². The fourth-order valence-electron chi connectivity index (χ4n) is 1.99. The van der Waals surface area contributed by atoms with E-state index in [1.54, 1.807) is 4.68 Å². The van der Waals surface area contributed by atoms with Crippen molar-refractivity contribution in [3.63, 3.8) is 0 Å². The smallest absolute Gasteiger partial charge is 0.0831 e. The zero-order valence-electron chi connectivity index (χ0n) is 10.5. The lowest BCUT2D eigenvalue weighted by atomic mass is 10.1. The van der Waals surface area contributed by atoms with E-state index >= 15 is 0 Å². The summed E-state index contributed by atoms with van der Waals surface area (Å²) in [6.45, 7) is 2.08. The van der Waals surface area contributed by atoms with E-state index in [9.17, 15) is 0 Å². The molecule has 1 aromatic heterocycles. The minimum Gasteiger partial charge on any atom is -0.239 e. The van der Waals surface area contributed by atoms with Crippen molar-refractivity contribution in [3.05, 3.63) is 71.5 Å². The van der Waals surface area contributed by atoms with Crippen LogP contribution in [0, 0.1) is 6.92 Å². The molecule has 3 heteroatoms. The third-order valence-corrected chi connectivity index (χ3v) is 3.39. The van der Waals surface area contributed by atoms with Gasteiger partial charge in [0.05, 0.1) is 16.9 Å². The maximum absolute atomic E-state index is 6.17. The van der Waals surface area contributed by atoms with Gasteiger partial charge >= 0.3 is 0 Å². The predicted molar refractivity (Wildman–Crippen MR) is 78.7 cm³/mol. The lowest BCUT2D eigenvalue weighted by Crippen LogP contribution is -1.94. The number of aromatic nitrogens is 2. The Hall–Kier alpha value is -2.06. The van der Waals surface area contributed by atoms with Crippen LogP contribution >= 0.6 is 11.6 Å². The van der Waals surface area contributed by atoms with Gasteiger partial charge in [0.1, 0.15) is 0 Å². The number of benzene rings is 2. The molecule has 0 unspecified atom stereocenters. The summed E-state index contributed by atoms with van der Waals surface area (Å²) in [7, 11) is 0. The van der Waals surface area contributed by atoms with Crippen molar-refractivity contribution in [2.45, 2.75) is 6.92 Å². The third kappa shape index (κ3) is 2.40. The van der Waals surface area contributed by atoms with Crippen LogP contribution < -0.4 is 0 Å². The highest BCUT2D eigenvalue weighted by Crippen LogP contribution is 2.23. The van der Waals surface area contributed by atoms with E-state index in [4.69, 9.17) is 11.6 Å². The van der Waals surface area contributed by atoms with Gasteiger partial charge in [-0.3, -0.25) is 0 Å². The molecule has 3 rings (SSSR count). The molecule has 3 aromatic rings. The number of hydrogen-bond acceptors (Lipinski definition) is 1. The van der Waals surface area contributed by atoms with E-state index in [0.717, 1.165) is 16.8 Å². The molecule has 0 atom stereocenters. The lowest BCUT2D eigenvalue weighted by molar-refractivity contribution is 0.881. The van der Waals surface area contributed by atoms with Gasteiger partial charge in [0.2, 0.25) is 0 Å². The first kappa shape index (κ1) is 12.0. The van der Waals surface area contributed by atoms with E-state index in [2.05, 4.69) is 36.3 Å². The number of aryl methyl sites for hydroxylation is 1. The molecule has 0 amide bonds. The monoisotopic (exact) mass is 268 g/mol. The highest BCUT2D eigenvalue weighted by atomic mass is 35.5. The Balaban J connectivity index is 2.00. The fraction of sp³-hybridized carbons (Fsp3) is 0.0625. The zero-order chi connectivity index (χ0) is 13.2. The second-order valence-corrected chi connectivity index (χ2v) is 4.90. The second kappa shape index (κ2) is 4.90. The van der Waals surface area contributed by atoms with Crippen molar-refractivity contribution < 1.29 is 0 Å². The van der Waals surface area contributed by atoms with Gasteiger partial charge in [0.15, 0.2) is 0 Å². The van der Waals surface area contributed by atoms with Gasteiger partial charge in [-0.2, -0.15) is 5.10 Å². The molecule has 0 fully saturated rings. The van der Waals surface area contributed by atoms with Gasteiger partial charge in [-0.25, -0.2) is 4.68 Å². The summed E-state index contributed by atoms with van der Waals surface area (Å²) < 4.78 is 1.80. The molecule has 0 spiro atoms. The second-order valence-electron chi connectivity index (χ2n) is 4.49. The molecule has 0 saturated carbocycles. The average molecular weight is 269 g/mol. The van der Waals surface area contributed by atoms with Gasteiger partial charge in [-0.15, -0.1) is 0 Å². The molecule has 2 nitrogen and oxygen atoms in total. The topological polar surface area (TPSA) is 17.8 Å². The quantitative estimate of drug-likeness (QED) is 0.669. The molecule has 0 aliphatic rings. The Morgan fingerprint density at radius 3 is 2.42 bits per heavy atom. The first-order chi connectivity index (χ1) is 9.24. The third-order valence-electron chi connectivity index (χ3n) is 3.07. The van der Waals surface area contributed by atoms with Crippen molar-refractivity contribution in [3.8, 4) is 16.8 Å². The van der Waals surface area contributed by atoms with Crippen LogP contribution in [0.25, 0.3) is 16.8 Å². The molecule has 19 heavy (non-hydrogen) atoms. The van der Waals surface area contributed by atoms with Crippen LogP contribution in [-0.4, -0.2) is 9.78 Å². The molecule has 94 valence electrons. The minimum absolute atomic E-state index is 0.695. The maximum Gasteiger partial charge on any atom is 0.0831 e. The van der Waals surface area contributed by atoms with Crippen LogP contribution in [0.2, 0.25) is 5.02 Å². The summed E-state index contributed by atoms with van der Waals surface area (Å²) in [4.78, 5) is 0. The number of halogens is 1. The first-order valence-corrected chi connectivity index (χ1v) is 6.48. The Bertz CT molecular complexity index is 699. The number of para-hydroxylation sites is 1. The van der Waals surface area contributed by atoms with E-state index in [1.165, 1.54) is 5.56 Å². The van der Waals surface area contributed by atoms with Gasteiger partial charge in [0, 0.05) is 11.8 Å². The Labute approximate surface area is 117 Å². The Kier molecular flexibility index (Phi) is 3.10. The lowest BCUT2D eigenvalue weighted by Gasteiger charge is -2.03. The van der Waals surface area contributed by atoms with Gasteiger partial charge in [-0.05, 0) is 24.6 Å². The number of hydrogen-bond donors (Lipinski definition) is 0. The molecule has 0 radical (unpaired) electrons.